The van der Waals surface area contributed by atoms with Gasteiger partial charge in [0.15, 0.2) is 5.79 Å². The van der Waals surface area contributed by atoms with E-state index >= 15 is 0 Å². The lowest BCUT2D eigenvalue weighted by Crippen LogP contribution is -2.45. The Bertz CT molecular complexity index is 400. The summed E-state index contributed by atoms with van der Waals surface area (Å²) in [4.78, 5) is 5.15. The molecule has 1 spiro atoms. The first-order valence-electron chi connectivity index (χ1n) is 7.35. The number of hydroxylamine groups is 1. The predicted molar refractivity (Wildman–Crippen MR) is 69.3 cm³/mol. The first-order valence-corrected chi connectivity index (χ1v) is 7.35. The average molecular weight is 305 g/mol. The van der Waals surface area contributed by atoms with E-state index < -0.39 is 17.8 Å². The molecule has 1 saturated heterocycles. The van der Waals surface area contributed by atoms with Crippen LogP contribution in [0.15, 0.2) is 11.8 Å². The molecular weight excluding hydrogens is 284 g/mol. The number of nitrogens with one attached hydrogen (secondary N) is 1. The van der Waals surface area contributed by atoms with E-state index in [-0.39, 0.29) is 12.6 Å². The summed E-state index contributed by atoms with van der Waals surface area (Å²) in [5.74, 6) is -0.523. The van der Waals surface area contributed by atoms with Crippen LogP contribution < -0.4 is 5.48 Å². The summed E-state index contributed by atoms with van der Waals surface area (Å²) >= 11 is 0. The second kappa shape index (κ2) is 5.79. The number of alkyl halides is 2. The third-order valence-corrected chi connectivity index (χ3v) is 4.78. The minimum absolute atomic E-state index is 0.00858. The van der Waals surface area contributed by atoms with Crippen LogP contribution in [0, 0.1) is 5.41 Å². The highest BCUT2D eigenvalue weighted by Gasteiger charge is 2.50. The van der Waals surface area contributed by atoms with Gasteiger partial charge in [-0.05, 0) is 25.3 Å². The maximum atomic E-state index is 12.5. The van der Waals surface area contributed by atoms with Crippen LogP contribution in [-0.2, 0) is 19.0 Å². The predicted octanol–water partition coefficient (Wildman–Crippen LogP) is 2.34. The summed E-state index contributed by atoms with van der Waals surface area (Å²) in [6, 6.07) is -0.00858. The quantitative estimate of drug-likeness (QED) is 0.864. The molecule has 0 aromatic rings. The van der Waals surface area contributed by atoms with Crippen LogP contribution in [0.1, 0.15) is 32.6 Å². The highest BCUT2D eigenvalue weighted by molar-refractivity contribution is 5.22. The van der Waals surface area contributed by atoms with Crippen molar-refractivity contribution in [2.24, 2.45) is 5.41 Å². The fourth-order valence-electron chi connectivity index (χ4n) is 3.58. The Morgan fingerprint density at radius 3 is 2.48 bits per heavy atom. The Morgan fingerprint density at radius 1 is 1.29 bits per heavy atom. The molecule has 1 saturated carbocycles. The molecule has 0 bridgehead atoms. The molecule has 3 rings (SSSR count). The van der Waals surface area contributed by atoms with Crippen molar-refractivity contribution in [3.63, 3.8) is 0 Å². The molecule has 1 aliphatic carbocycles. The summed E-state index contributed by atoms with van der Waals surface area (Å²) < 4.78 is 41.1. The third-order valence-electron chi connectivity index (χ3n) is 4.78. The lowest BCUT2D eigenvalue weighted by molar-refractivity contribution is -0.203. The van der Waals surface area contributed by atoms with Gasteiger partial charge in [-0.15, -0.1) is 0 Å². The van der Waals surface area contributed by atoms with Crippen molar-refractivity contribution in [3.8, 4) is 0 Å². The molecule has 0 aromatic carbocycles. The summed E-state index contributed by atoms with van der Waals surface area (Å²) in [5.41, 5.74) is 3.38. The number of hydrogen-bond donors (Lipinski definition) is 1. The van der Waals surface area contributed by atoms with Gasteiger partial charge in [0.05, 0.1) is 25.9 Å². The van der Waals surface area contributed by atoms with E-state index in [4.69, 9.17) is 14.3 Å². The van der Waals surface area contributed by atoms with E-state index in [2.05, 4.69) is 10.2 Å². The summed E-state index contributed by atoms with van der Waals surface area (Å²) in [7, 11) is 0. The van der Waals surface area contributed by atoms with E-state index in [1.165, 1.54) is 0 Å². The van der Waals surface area contributed by atoms with Crippen LogP contribution in [0.25, 0.3) is 0 Å². The second-order valence-corrected chi connectivity index (χ2v) is 5.99. The minimum atomic E-state index is -2.76. The molecule has 3 aliphatic rings. The highest BCUT2D eigenvalue weighted by atomic mass is 19.3. The maximum absolute atomic E-state index is 12.5. The molecule has 2 heterocycles. The van der Waals surface area contributed by atoms with Crippen molar-refractivity contribution < 1.29 is 27.8 Å². The van der Waals surface area contributed by atoms with Crippen molar-refractivity contribution in [1.82, 2.24) is 5.48 Å². The lowest BCUT2D eigenvalue weighted by atomic mass is 9.66. The fraction of sp³-hybridized carbons (Fsp3) is 0.857. The Morgan fingerprint density at radius 2 is 1.95 bits per heavy atom. The second-order valence-electron chi connectivity index (χ2n) is 5.99. The van der Waals surface area contributed by atoms with Gasteiger partial charge in [-0.2, -0.15) is 14.3 Å². The van der Waals surface area contributed by atoms with Gasteiger partial charge in [-0.1, -0.05) is 0 Å². The van der Waals surface area contributed by atoms with Crippen molar-refractivity contribution in [1.29, 1.82) is 0 Å². The molecule has 2 fully saturated rings. The van der Waals surface area contributed by atoms with Crippen molar-refractivity contribution in [2.75, 3.05) is 19.8 Å². The molecule has 0 aromatic heterocycles. The van der Waals surface area contributed by atoms with Gasteiger partial charge in [0.2, 0.25) is 0 Å². The molecule has 1 atom stereocenters. The topological polar surface area (TPSA) is 49.0 Å². The van der Waals surface area contributed by atoms with E-state index in [9.17, 15) is 8.78 Å². The normalized spacial score (nSPS) is 30.7. The van der Waals surface area contributed by atoms with Gasteiger partial charge in [-0.3, -0.25) is 0 Å². The van der Waals surface area contributed by atoms with E-state index in [1.54, 1.807) is 6.26 Å². The zero-order valence-electron chi connectivity index (χ0n) is 12.1. The minimum Gasteiger partial charge on any atom is -0.416 e. The number of halogens is 2. The zero-order chi connectivity index (χ0) is 14.9. The van der Waals surface area contributed by atoms with Gasteiger partial charge < -0.3 is 19.0 Å². The Kier molecular flexibility index (Phi) is 4.18. The summed E-state index contributed by atoms with van der Waals surface area (Å²) in [6.07, 6.45) is 4.36. The van der Waals surface area contributed by atoms with E-state index in [1.807, 2.05) is 6.92 Å². The molecular formula is C14H21F2NO4. The van der Waals surface area contributed by atoms with Crippen LogP contribution in [0.2, 0.25) is 0 Å². The molecule has 1 unspecified atom stereocenters. The molecule has 0 amide bonds. The maximum Gasteiger partial charge on any atom is 0.345 e. The van der Waals surface area contributed by atoms with Gasteiger partial charge in [0, 0.05) is 18.3 Å². The van der Waals surface area contributed by atoms with E-state index in [0.29, 0.717) is 38.9 Å². The zero-order valence-corrected chi connectivity index (χ0v) is 12.1. The number of ether oxygens (including phenoxy) is 3. The Balaban J connectivity index is 1.74. The van der Waals surface area contributed by atoms with Gasteiger partial charge >= 0.3 is 6.61 Å². The standard InChI is InChI=1S/C14H21F2NO4/c1-10-11(8-21-17-10)13(9-18-12(15)16)2-4-14(5-3-13)19-6-7-20-14/h8,10,12,17H,2-7,9H2,1H3. The first-order chi connectivity index (χ1) is 10.1. The van der Waals surface area contributed by atoms with Crippen LogP contribution in [-0.4, -0.2) is 38.3 Å². The van der Waals surface area contributed by atoms with Crippen molar-refractivity contribution in [2.45, 2.75) is 51.0 Å². The SMILES string of the molecule is CC1NOC=C1C1(COC(F)F)CCC2(CC1)OCCO2. The van der Waals surface area contributed by atoms with Gasteiger partial charge in [0.25, 0.3) is 0 Å². The molecule has 0 radical (unpaired) electrons. The van der Waals surface area contributed by atoms with Gasteiger partial charge in [0.1, 0.15) is 6.26 Å². The molecule has 120 valence electrons. The third kappa shape index (κ3) is 2.92. The molecule has 1 N–H and O–H groups in total. The molecule has 7 heteroatoms. The average Bonchev–Trinajstić information content (AvgIpc) is 3.09. The lowest BCUT2D eigenvalue weighted by Gasteiger charge is -2.44. The van der Waals surface area contributed by atoms with Crippen LogP contribution >= 0.6 is 0 Å². The first kappa shape index (κ1) is 15.1. The Labute approximate surface area is 122 Å². The number of hydrogen-bond acceptors (Lipinski definition) is 5. The number of rotatable bonds is 4. The molecule has 2 aliphatic heterocycles. The van der Waals surface area contributed by atoms with Crippen LogP contribution in [0.3, 0.4) is 0 Å². The summed E-state index contributed by atoms with van der Waals surface area (Å²) in [6.45, 7) is 0.384. The fourth-order valence-corrected chi connectivity index (χ4v) is 3.58. The van der Waals surface area contributed by atoms with Crippen molar-refractivity contribution >= 4 is 0 Å². The largest absolute Gasteiger partial charge is 0.416 e. The van der Waals surface area contributed by atoms with Crippen LogP contribution in [0.4, 0.5) is 8.78 Å². The van der Waals surface area contributed by atoms with Gasteiger partial charge in [-0.25, -0.2) is 0 Å². The highest BCUT2D eigenvalue weighted by Crippen LogP contribution is 2.50. The monoisotopic (exact) mass is 305 g/mol. The van der Waals surface area contributed by atoms with E-state index in [0.717, 1.165) is 5.57 Å². The molecule has 21 heavy (non-hydrogen) atoms. The van der Waals surface area contributed by atoms with Crippen LogP contribution in [0.5, 0.6) is 0 Å². The smallest absolute Gasteiger partial charge is 0.345 e. The van der Waals surface area contributed by atoms with Crippen molar-refractivity contribution in [3.05, 3.63) is 11.8 Å². The molecule has 5 nitrogen and oxygen atoms in total. The Hall–Kier alpha value is -0.760. The summed E-state index contributed by atoms with van der Waals surface area (Å²) in [5, 5.41) is 0.